The minimum Gasteiger partial charge on any atom is -0.463 e. The Morgan fingerprint density at radius 1 is 1.64 bits per heavy atom. The summed E-state index contributed by atoms with van der Waals surface area (Å²) >= 11 is 0. The lowest BCUT2D eigenvalue weighted by Gasteiger charge is -2.05. The van der Waals surface area contributed by atoms with Crippen molar-refractivity contribution in [2.45, 2.75) is 13.0 Å². The molecule has 0 aromatic rings. The molecular formula is C9H17NO4. The van der Waals surface area contributed by atoms with E-state index in [9.17, 15) is 4.79 Å². The summed E-state index contributed by atoms with van der Waals surface area (Å²) in [5.41, 5.74) is 0. The minimum absolute atomic E-state index is 0.269. The van der Waals surface area contributed by atoms with Crippen molar-refractivity contribution in [2.75, 3.05) is 26.3 Å². The fourth-order valence-corrected chi connectivity index (χ4v) is 0.743. The van der Waals surface area contributed by atoms with Gasteiger partial charge in [0.15, 0.2) is 0 Å². The number of esters is 1. The highest BCUT2D eigenvalue weighted by atomic mass is 16.5. The van der Waals surface area contributed by atoms with Crippen LogP contribution >= 0.6 is 0 Å². The summed E-state index contributed by atoms with van der Waals surface area (Å²) in [6, 6.07) is 0. The van der Waals surface area contributed by atoms with Crippen molar-refractivity contribution in [1.29, 1.82) is 0 Å². The van der Waals surface area contributed by atoms with Crippen LogP contribution < -0.4 is 5.32 Å². The highest BCUT2D eigenvalue weighted by Crippen LogP contribution is 1.81. The number of nitrogens with one attached hydrogen (secondary N) is 1. The zero-order chi connectivity index (χ0) is 10.8. The molecule has 3 N–H and O–H groups in total. The number of hydrogen-bond donors (Lipinski definition) is 3. The van der Waals surface area contributed by atoms with Crippen LogP contribution in [0.1, 0.15) is 6.92 Å². The van der Waals surface area contributed by atoms with Gasteiger partial charge in [-0.3, -0.25) is 0 Å². The molecule has 82 valence electrons. The van der Waals surface area contributed by atoms with Gasteiger partial charge < -0.3 is 20.3 Å². The lowest BCUT2D eigenvalue weighted by Crippen LogP contribution is -2.29. The van der Waals surface area contributed by atoms with E-state index in [1.165, 1.54) is 6.08 Å². The van der Waals surface area contributed by atoms with E-state index in [1.807, 2.05) is 0 Å². The summed E-state index contributed by atoms with van der Waals surface area (Å²) in [5.74, 6) is -0.378. The van der Waals surface area contributed by atoms with E-state index in [4.69, 9.17) is 10.2 Å². The Hall–Kier alpha value is -0.910. The molecule has 1 unspecified atom stereocenters. The van der Waals surface area contributed by atoms with Crippen molar-refractivity contribution >= 4 is 5.97 Å². The van der Waals surface area contributed by atoms with Crippen molar-refractivity contribution in [3.8, 4) is 0 Å². The maximum atomic E-state index is 10.8. The van der Waals surface area contributed by atoms with Crippen LogP contribution in [-0.2, 0) is 9.53 Å². The summed E-state index contributed by atoms with van der Waals surface area (Å²) in [6.45, 7) is 2.58. The lowest BCUT2D eigenvalue weighted by molar-refractivity contribution is -0.137. The van der Waals surface area contributed by atoms with Crippen LogP contribution in [0.3, 0.4) is 0 Å². The quantitative estimate of drug-likeness (QED) is 0.282. The molecule has 0 bridgehead atoms. The molecule has 0 amide bonds. The van der Waals surface area contributed by atoms with Gasteiger partial charge in [-0.1, -0.05) is 6.08 Å². The van der Waals surface area contributed by atoms with E-state index in [-0.39, 0.29) is 12.6 Å². The third-order valence-corrected chi connectivity index (χ3v) is 1.39. The molecular weight excluding hydrogens is 186 g/mol. The first-order chi connectivity index (χ1) is 6.70. The number of rotatable bonds is 7. The van der Waals surface area contributed by atoms with E-state index in [1.54, 1.807) is 13.0 Å². The molecule has 0 aromatic carbocycles. The molecule has 0 aromatic heterocycles. The first-order valence-electron chi connectivity index (χ1n) is 4.53. The number of ether oxygens (including phenoxy) is 1. The average molecular weight is 203 g/mol. The Balaban J connectivity index is 3.39. The van der Waals surface area contributed by atoms with Gasteiger partial charge in [-0.2, -0.15) is 0 Å². The number of carbonyl (C=O) groups excluding carboxylic acids is 1. The zero-order valence-corrected chi connectivity index (χ0v) is 8.27. The van der Waals surface area contributed by atoms with Crippen LogP contribution in [0.25, 0.3) is 0 Å². The molecule has 0 aliphatic heterocycles. The SMILES string of the molecule is CCOC(=O)/C=C/CNCC(O)CO. The maximum Gasteiger partial charge on any atom is 0.330 e. The number of hydrogen-bond acceptors (Lipinski definition) is 5. The molecule has 1 atom stereocenters. The Bertz CT molecular complexity index is 182. The summed E-state index contributed by atoms with van der Waals surface area (Å²) in [4.78, 5) is 10.8. The molecule has 0 rings (SSSR count). The first kappa shape index (κ1) is 13.1. The van der Waals surface area contributed by atoms with Crippen LogP contribution in [0.4, 0.5) is 0 Å². The summed E-state index contributed by atoms with van der Waals surface area (Å²) in [5, 5.41) is 20.2. The standard InChI is InChI=1S/C9H17NO4/c1-2-14-9(13)4-3-5-10-6-8(12)7-11/h3-4,8,10-12H,2,5-7H2,1H3/b4-3+. The summed E-state index contributed by atoms with van der Waals surface area (Å²) in [6.07, 6.45) is 2.16. The van der Waals surface area contributed by atoms with Gasteiger partial charge in [-0.25, -0.2) is 4.79 Å². The van der Waals surface area contributed by atoms with Crippen molar-refractivity contribution in [3.05, 3.63) is 12.2 Å². The molecule has 0 radical (unpaired) electrons. The van der Waals surface area contributed by atoms with E-state index in [2.05, 4.69) is 10.1 Å². The number of aliphatic hydroxyl groups is 2. The summed E-state index contributed by atoms with van der Waals surface area (Å²) < 4.78 is 4.65. The van der Waals surface area contributed by atoms with E-state index in [0.29, 0.717) is 19.7 Å². The van der Waals surface area contributed by atoms with Crippen LogP contribution in [0, 0.1) is 0 Å². The Kier molecular flexibility index (Phi) is 8.11. The van der Waals surface area contributed by atoms with Crippen molar-refractivity contribution in [3.63, 3.8) is 0 Å². The second kappa shape index (κ2) is 8.68. The highest BCUT2D eigenvalue weighted by Gasteiger charge is 1.98. The van der Waals surface area contributed by atoms with Crippen LogP contribution in [0.15, 0.2) is 12.2 Å². The third-order valence-electron chi connectivity index (χ3n) is 1.39. The zero-order valence-electron chi connectivity index (χ0n) is 8.27. The van der Waals surface area contributed by atoms with Gasteiger partial charge in [-0.05, 0) is 6.92 Å². The largest absolute Gasteiger partial charge is 0.463 e. The van der Waals surface area contributed by atoms with Gasteiger partial charge in [0.1, 0.15) is 0 Å². The third kappa shape index (κ3) is 7.72. The minimum atomic E-state index is -0.758. The molecule has 5 nitrogen and oxygen atoms in total. The normalized spacial score (nSPS) is 13.1. The average Bonchev–Trinajstić information content (AvgIpc) is 2.17. The van der Waals surface area contributed by atoms with Crippen LogP contribution in [0.2, 0.25) is 0 Å². The molecule has 0 fully saturated rings. The van der Waals surface area contributed by atoms with Gasteiger partial charge in [0.25, 0.3) is 0 Å². The molecule has 0 aliphatic rings. The smallest absolute Gasteiger partial charge is 0.330 e. The second-order valence-corrected chi connectivity index (χ2v) is 2.65. The van der Waals surface area contributed by atoms with Crippen molar-refractivity contribution in [1.82, 2.24) is 5.32 Å². The van der Waals surface area contributed by atoms with E-state index < -0.39 is 6.10 Å². The Morgan fingerprint density at radius 3 is 2.93 bits per heavy atom. The molecule has 14 heavy (non-hydrogen) atoms. The predicted octanol–water partition coefficient (Wildman–Crippen LogP) is -0.952. The fourth-order valence-electron chi connectivity index (χ4n) is 0.743. The number of carbonyl (C=O) groups is 1. The number of aliphatic hydroxyl groups excluding tert-OH is 2. The monoisotopic (exact) mass is 203 g/mol. The van der Waals surface area contributed by atoms with Crippen molar-refractivity contribution in [2.24, 2.45) is 0 Å². The first-order valence-corrected chi connectivity index (χ1v) is 4.53. The van der Waals surface area contributed by atoms with Gasteiger partial charge >= 0.3 is 5.97 Å². The second-order valence-electron chi connectivity index (χ2n) is 2.65. The lowest BCUT2D eigenvalue weighted by atomic mass is 10.4. The Morgan fingerprint density at radius 2 is 2.36 bits per heavy atom. The van der Waals surface area contributed by atoms with Gasteiger partial charge in [0.2, 0.25) is 0 Å². The molecule has 0 spiro atoms. The maximum absolute atomic E-state index is 10.8. The topological polar surface area (TPSA) is 78.8 Å². The van der Waals surface area contributed by atoms with Gasteiger partial charge in [0.05, 0.1) is 19.3 Å². The van der Waals surface area contributed by atoms with E-state index in [0.717, 1.165) is 0 Å². The van der Waals surface area contributed by atoms with Crippen LogP contribution in [-0.4, -0.2) is 48.6 Å². The molecule has 0 saturated carbocycles. The van der Waals surface area contributed by atoms with Crippen LogP contribution in [0.5, 0.6) is 0 Å². The Labute approximate surface area is 83.4 Å². The van der Waals surface area contributed by atoms with Gasteiger partial charge in [0, 0.05) is 19.2 Å². The molecule has 0 heterocycles. The predicted molar refractivity (Wildman–Crippen MR) is 51.7 cm³/mol. The molecule has 5 heteroatoms. The molecule has 0 saturated heterocycles. The highest BCUT2D eigenvalue weighted by molar-refractivity contribution is 5.81. The van der Waals surface area contributed by atoms with E-state index >= 15 is 0 Å². The molecule has 0 aliphatic carbocycles. The van der Waals surface area contributed by atoms with Gasteiger partial charge in [-0.15, -0.1) is 0 Å². The summed E-state index contributed by atoms with van der Waals surface area (Å²) in [7, 11) is 0. The fraction of sp³-hybridized carbons (Fsp3) is 0.667. The van der Waals surface area contributed by atoms with Crippen molar-refractivity contribution < 1.29 is 19.7 Å².